The number of rotatable bonds is 3. The first-order valence-corrected chi connectivity index (χ1v) is 13.1. The molecular formula is C30H31Cl2NO3. The SMILES string of the molecule is COc1ccc(C2C3=C(CC(C)(C)CC3=O)N(c3ccc(Cl)c(Cl)c3)C3=C2C(=O)CC(C)(C)C3)cc1. The number of ketones is 2. The molecule has 1 aliphatic heterocycles. The molecule has 0 spiro atoms. The van der Waals surface area contributed by atoms with Crippen LogP contribution >= 0.6 is 23.2 Å². The van der Waals surface area contributed by atoms with Crippen LogP contribution in [-0.4, -0.2) is 18.7 Å². The molecule has 0 fully saturated rings. The molecule has 2 aromatic carbocycles. The molecule has 0 saturated carbocycles. The zero-order valence-electron chi connectivity index (χ0n) is 21.4. The number of nitrogens with zero attached hydrogens (tertiary/aromatic N) is 1. The quantitative estimate of drug-likeness (QED) is 0.410. The average molecular weight is 524 g/mol. The van der Waals surface area contributed by atoms with Crippen LogP contribution in [0.25, 0.3) is 0 Å². The molecule has 0 bridgehead atoms. The van der Waals surface area contributed by atoms with E-state index in [2.05, 4.69) is 32.6 Å². The van der Waals surface area contributed by atoms with E-state index in [-0.39, 0.29) is 22.4 Å². The van der Waals surface area contributed by atoms with E-state index < -0.39 is 5.92 Å². The Labute approximate surface area is 222 Å². The normalized spacial score (nSPS) is 21.5. The number of allylic oxidation sites excluding steroid dienone is 4. The molecular weight excluding hydrogens is 493 g/mol. The highest BCUT2D eigenvalue weighted by Crippen LogP contribution is 2.55. The third kappa shape index (κ3) is 4.29. The van der Waals surface area contributed by atoms with Gasteiger partial charge in [-0.2, -0.15) is 0 Å². The molecule has 1 heterocycles. The van der Waals surface area contributed by atoms with E-state index in [1.807, 2.05) is 36.4 Å². The van der Waals surface area contributed by atoms with E-state index in [0.717, 1.165) is 39.5 Å². The van der Waals surface area contributed by atoms with Crippen molar-refractivity contribution in [3.63, 3.8) is 0 Å². The van der Waals surface area contributed by atoms with Gasteiger partial charge < -0.3 is 9.64 Å². The molecule has 36 heavy (non-hydrogen) atoms. The monoisotopic (exact) mass is 523 g/mol. The molecule has 2 aromatic rings. The third-order valence-electron chi connectivity index (χ3n) is 7.52. The Hall–Kier alpha value is -2.56. The Morgan fingerprint density at radius 3 is 1.78 bits per heavy atom. The third-order valence-corrected chi connectivity index (χ3v) is 8.26. The first kappa shape index (κ1) is 25.1. The van der Waals surface area contributed by atoms with Crippen LogP contribution in [0.4, 0.5) is 5.69 Å². The maximum atomic E-state index is 13.9. The molecule has 0 amide bonds. The number of ether oxygens (including phenoxy) is 1. The predicted molar refractivity (Wildman–Crippen MR) is 145 cm³/mol. The molecule has 4 nitrogen and oxygen atoms in total. The van der Waals surface area contributed by atoms with Crippen molar-refractivity contribution in [2.75, 3.05) is 12.0 Å². The van der Waals surface area contributed by atoms with E-state index in [1.54, 1.807) is 13.2 Å². The van der Waals surface area contributed by atoms with Crippen LogP contribution in [0.1, 0.15) is 64.9 Å². The summed E-state index contributed by atoms with van der Waals surface area (Å²) in [4.78, 5) is 29.9. The second kappa shape index (κ2) is 8.78. The van der Waals surface area contributed by atoms with E-state index in [1.165, 1.54) is 0 Å². The van der Waals surface area contributed by atoms with E-state index in [4.69, 9.17) is 27.9 Å². The molecule has 6 heteroatoms. The molecule has 0 N–H and O–H groups in total. The summed E-state index contributed by atoms with van der Waals surface area (Å²) in [6, 6.07) is 13.3. The minimum absolute atomic E-state index is 0.0938. The van der Waals surface area contributed by atoms with Crippen LogP contribution in [0, 0.1) is 10.8 Å². The van der Waals surface area contributed by atoms with Gasteiger partial charge in [-0.05, 0) is 59.6 Å². The molecule has 3 aliphatic rings. The van der Waals surface area contributed by atoms with Crippen LogP contribution in [0.3, 0.4) is 0 Å². The summed E-state index contributed by atoms with van der Waals surface area (Å²) in [5, 5.41) is 0.913. The van der Waals surface area contributed by atoms with Gasteiger partial charge in [-0.25, -0.2) is 0 Å². The Balaban J connectivity index is 1.82. The van der Waals surface area contributed by atoms with Gasteiger partial charge in [0.05, 0.1) is 17.2 Å². The van der Waals surface area contributed by atoms with Crippen molar-refractivity contribution < 1.29 is 14.3 Å². The largest absolute Gasteiger partial charge is 0.497 e. The Morgan fingerprint density at radius 2 is 1.31 bits per heavy atom. The Kier molecular flexibility index (Phi) is 6.12. The van der Waals surface area contributed by atoms with Crippen molar-refractivity contribution >= 4 is 40.5 Å². The number of hydrogen-bond acceptors (Lipinski definition) is 4. The van der Waals surface area contributed by atoms with Crippen molar-refractivity contribution in [1.29, 1.82) is 0 Å². The van der Waals surface area contributed by atoms with Crippen LogP contribution in [0.5, 0.6) is 5.75 Å². The summed E-state index contributed by atoms with van der Waals surface area (Å²) in [6.45, 7) is 8.52. The highest BCUT2D eigenvalue weighted by atomic mass is 35.5. The predicted octanol–water partition coefficient (Wildman–Crippen LogP) is 7.89. The maximum Gasteiger partial charge on any atom is 0.162 e. The Morgan fingerprint density at radius 1 is 0.778 bits per heavy atom. The summed E-state index contributed by atoms with van der Waals surface area (Å²) in [6.07, 6.45) is 2.31. The van der Waals surface area contributed by atoms with Gasteiger partial charge in [0.1, 0.15) is 5.75 Å². The smallest absolute Gasteiger partial charge is 0.162 e. The number of carbonyl (C=O) groups excluding carboxylic acids is 2. The molecule has 2 aliphatic carbocycles. The van der Waals surface area contributed by atoms with Crippen LogP contribution < -0.4 is 9.64 Å². The van der Waals surface area contributed by atoms with E-state index in [9.17, 15) is 9.59 Å². The summed E-state index contributed by atoms with van der Waals surface area (Å²) >= 11 is 12.7. The fourth-order valence-corrected chi connectivity index (χ4v) is 6.32. The van der Waals surface area contributed by atoms with Gasteiger partial charge in [0, 0.05) is 47.0 Å². The fourth-order valence-electron chi connectivity index (χ4n) is 6.03. The first-order valence-electron chi connectivity index (χ1n) is 12.3. The van der Waals surface area contributed by atoms with Crippen LogP contribution in [0.2, 0.25) is 10.0 Å². The van der Waals surface area contributed by atoms with Crippen LogP contribution in [-0.2, 0) is 9.59 Å². The summed E-state index contributed by atoms with van der Waals surface area (Å²) in [5.41, 5.74) is 4.70. The molecule has 0 saturated heterocycles. The second-order valence-electron chi connectivity index (χ2n) is 11.7. The second-order valence-corrected chi connectivity index (χ2v) is 12.6. The zero-order valence-corrected chi connectivity index (χ0v) is 22.9. The Bertz CT molecular complexity index is 1280. The van der Waals surface area contributed by atoms with E-state index >= 15 is 0 Å². The van der Waals surface area contributed by atoms with Crippen molar-refractivity contribution in [1.82, 2.24) is 0 Å². The summed E-state index contributed by atoms with van der Waals surface area (Å²) in [7, 11) is 1.63. The van der Waals surface area contributed by atoms with Gasteiger partial charge in [-0.15, -0.1) is 0 Å². The lowest BCUT2D eigenvalue weighted by molar-refractivity contribution is -0.119. The highest BCUT2D eigenvalue weighted by Gasteiger charge is 2.49. The van der Waals surface area contributed by atoms with Crippen molar-refractivity contribution in [2.24, 2.45) is 10.8 Å². The number of anilines is 1. The highest BCUT2D eigenvalue weighted by molar-refractivity contribution is 6.42. The van der Waals surface area contributed by atoms with Gasteiger partial charge in [0.2, 0.25) is 0 Å². The van der Waals surface area contributed by atoms with Gasteiger partial charge in [0.25, 0.3) is 0 Å². The number of hydrogen-bond donors (Lipinski definition) is 0. The lowest BCUT2D eigenvalue weighted by atomic mass is 9.63. The number of methoxy groups -OCH3 is 1. The van der Waals surface area contributed by atoms with Crippen molar-refractivity contribution in [3.8, 4) is 5.75 Å². The van der Waals surface area contributed by atoms with Gasteiger partial charge in [0.15, 0.2) is 11.6 Å². The number of Topliss-reactive ketones (excluding diaryl/α,β-unsaturated/α-hetero) is 2. The molecule has 5 rings (SSSR count). The first-order chi connectivity index (χ1) is 16.9. The van der Waals surface area contributed by atoms with E-state index in [0.29, 0.717) is 35.7 Å². The average Bonchev–Trinajstić information content (AvgIpc) is 2.78. The lowest BCUT2D eigenvalue weighted by Crippen LogP contribution is -2.44. The van der Waals surface area contributed by atoms with Crippen molar-refractivity contribution in [2.45, 2.75) is 59.3 Å². The molecule has 0 aromatic heterocycles. The maximum absolute atomic E-state index is 13.9. The minimum atomic E-state index is -0.396. The molecule has 0 unspecified atom stereocenters. The zero-order chi connectivity index (χ0) is 26.0. The number of halogens is 2. The molecule has 0 radical (unpaired) electrons. The summed E-state index contributed by atoms with van der Waals surface area (Å²) < 4.78 is 5.37. The van der Waals surface area contributed by atoms with Gasteiger partial charge in [-0.3, -0.25) is 9.59 Å². The fraction of sp³-hybridized carbons (Fsp3) is 0.400. The van der Waals surface area contributed by atoms with Crippen molar-refractivity contribution in [3.05, 3.63) is 80.6 Å². The molecule has 188 valence electrons. The molecule has 0 atom stereocenters. The van der Waals surface area contributed by atoms with Crippen LogP contribution in [0.15, 0.2) is 65.0 Å². The topological polar surface area (TPSA) is 46.6 Å². The lowest BCUT2D eigenvalue weighted by Gasteiger charge is -2.49. The van der Waals surface area contributed by atoms with Gasteiger partial charge >= 0.3 is 0 Å². The summed E-state index contributed by atoms with van der Waals surface area (Å²) in [5.74, 6) is 0.530. The van der Waals surface area contributed by atoms with Gasteiger partial charge in [-0.1, -0.05) is 63.0 Å². The standard InChI is InChI=1S/C30H31Cl2NO3/c1-29(2)13-22-27(24(34)15-29)26(17-6-9-19(36-5)10-7-17)28-23(14-30(3,4)16-25(28)35)33(22)18-8-11-20(31)21(32)12-18/h6-12,26H,13-16H2,1-5H3. The number of carbonyl (C=O) groups is 2. The minimum Gasteiger partial charge on any atom is -0.497 e. The number of benzene rings is 2.